The van der Waals surface area contributed by atoms with Gasteiger partial charge in [0.15, 0.2) is 0 Å². The Morgan fingerprint density at radius 3 is 2.56 bits per heavy atom. The lowest BCUT2D eigenvalue weighted by atomic mass is 10.0. The molecule has 2 fully saturated rings. The predicted octanol–water partition coefficient (Wildman–Crippen LogP) is 1.68. The van der Waals surface area contributed by atoms with Crippen LogP contribution in [0.4, 0.5) is 5.69 Å². The summed E-state index contributed by atoms with van der Waals surface area (Å²) in [7, 11) is -3.58. The smallest absolute Gasteiger partial charge is 0.243 e. The molecule has 25 heavy (non-hydrogen) atoms. The largest absolute Gasteiger partial charge is 0.506 e. The number of hydrogen-bond donors (Lipinski definition) is 3. The minimum atomic E-state index is -3.58. The van der Waals surface area contributed by atoms with Crippen molar-refractivity contribution in [3.63, 3.8) is 0 Å². The number of phenols is 1. The Morgan fingerprint density at radius 1 is 1.20 bits per heavy atom. The van der Waals surface area contributed by atoms with Crippen LogP contribution in [0.3, 0.4) is 0 Å². The van der Waals surface area contributed by atoms with Gasteiger partial charge in [0.1, 0.15) is 5.75 Å². The molecule has 0 saturated carbocycles. The van der Waals surface area contributed by atoms with Gasteiger partial charge in [0.05, 0.1) is 16.6 Å². The second-order valence-corrected chi connectivity index (χ2v) is 8.22. The first-order valence-electron chi connectivity index (χ1n) is 8.36. The van der Waals surface area contributed by atoms with Gasteiger partial charge in [-0.15, -0.1) is 12.4 Å². The van der Waals surface area contributed by atoms with E-state index in [0.717, 1.165) is 38.6 Å². The molecule has 7 nitrogen and oxygen atoms in total. The van der Waals surface area contributed by atoms with Crippen LogP contribution in [-0.4, -0.2) is 49.4 Å². The van der Waals surface area contributed by atoms with Crippen molar-refractivity contribution in [1.82, 2.24) is 9.62 Å². The van der Waals surface area contributed by atoms with Crippen molar-refractivity contribution in [3.05, 3.63) is 18.2 Å². The number of benzene rings is 1. The van der Waals surface area contributed by atoms with E-state index in [2.05, 4.69) is 10.6 Å². The molecule has 1 aromatic rings. The molecule has 2 saturated heterocycles. The van der Waals surface area contributed by atoms with Crippen molar-refractivity contribution in [3.8, 4) is 5.75 Å². The zero-order chi connectivity index (χ0) is 17.2. The van der Waals surface area contributed by atoms with Gasteiger partial charge in [-0.25, -0.2) is 8.42 Å². The summed E-state index contributed by atoms with van der Waals surface area (Å²) >= 11 is 0. The van der Waals surface area contributed by atoms with E-state index in [0.29, 0.717) is 13.1 Å². The Hall–Kier alpha value is -1.35. The number of aromatic hydroxyl groups is 1. The lowest BCUT2D eigenvalue weighted by Gasteiger charge is -2.23. The zero-order valence-electron chi connectivity index (χ0n) is 13.9. The fourth-order valence-corrected chi connectivity index (χ4v) is 4.69. The van der Waals surface area contributed by atoms with Gasteiger partial charge in [0, 0.05) is 13.1 Å². The highest BCUT2D eigenvalue weighted by Crippen LogP contribution is 2.29. The van der Waals surface area contributed by atoms with Gasteiger partial charge in [-0.3, -0.25) is 4.79 Å². The van der Waals surface area contributed by atoms with E-state index in [9.17, 15) is 18.3 Å². The maximum atomic E-state index is 12.6. The number of phenolic OH excluding ortho intramolecular Hbond substituents is 1. The number of nitrogens with one attached hydrogen (secondary N) is 2. The predicted molar refractivity (Wildman–Crippen MR) is 97.6 cm³/mol. The normalized spacial score (nSPS) is 21.5. The molecule has 3 N–H and O–H groups in total. The molecule has 2 aliphatic rings. The number of piperidine rings is 1. The van der Waals surface area contributed by atoms with Gasteiger partial charge in [-0.05, 0) is 50.4 Å². The van der Waals surface area contributed by atoms with Crippen LogP contribution in [0.1, 0.15) is 32.1 Å². The van der Waals surface area contributed by atoms with E-state index in [1.54, 1.807) is 0 Å². The molecular weight excluding hydrogens is 366 g/mol. The summed E-state index contributed by atoms with van der Waals surface area (Å²) in [5.41, 5.74) is 0.132. The van der Waals surface area contributed by atoms with E-state index in [-0.39, 0.29) is 40.7 Å². The van der Waals surface area contributed by atoms with E-state index < -0.39 is 10.0 Å². The Bertz CT molecular complexity index is 714. The molecule has 2 heterocycles. The van der Waals surface area contributed by atoms with Gasteiger partial charge < -0.3 is 15.7 Å². The summed E-state index contributed by atoms with van der Waals surface area (Å²) in [5, 5.41) is 15.7. The van der Waals surface area contributed by atoms with Gasteiger partial charge in [0.25, 0.3) is 0 Å². The first-order valence-corrected chi connectivity index (χ1v) is 9.80. The maximum absolute atomic E-state index is 12.6. The Morgan fingerprint density at radius 2 is 1.92 bits per heavy atom. The lowest BCUT2D eigenvalue weighted by Crippen LogP contribution is -2.43. The first-order chi connectivity index (χ1) is 11.5. The number of nitrogens with zero attached hydrogens (tertiary/aromatic N) is 1. The molecule has 0 bridgehead atoms. The van der Waals surface area contributed by atoms with Crippen LogP contribution in [0.5, 0.6) is 5.75 Å². The molecule has 0 aromatic heterocycles. The summed E-state index contributed by atoms with van der Waals surface area (Å²) in [4.78, 5) is 12.4. The molecule has 1 aromatic carbocycles. The van der Waals surface area contributed by atoms with E-state index in [1.165, 1.54) is 22.5 Å². The average Bonchev–Trinajstić information content (AvgIpc) is 3.13. The fraction of sp³-hybridized carbons (Fsp3) is 0.562. The molecule has 9 heteroatoms. The number of carbonyl (C=O) groups is 1. The maximum Gasteiger partial charge on any atom is 0.243 e. The number of amides is 1. The SMILES string of the molecule is Cl.O=C(Nc1cc(S(=O)(=O)N2CCCC2)ccc1O)C1CCCCN1. The highest BCUT2D eigenvalue weighted by molar-refractivity contribution is 7.89. The minimum absolute atomic E-state index is 0. The number of hydrogen-bond acceptors (Lipinski definition) is 5. The molecule has 0 spiro atoms. The number of carbonyl (C=O) groups excluding carboxylic acids is 1. The van der Waals surface area contributed by atoms with Crippen molar-refractivity contribution in [1.29, 1.82) is 0 Å². The number of sulfonamides is 1. The standard InChI is InChI=1S/C16H23N3O4S.ClH/c20-15-7-6-12(24(22,23)19-9-3-4-10-19)11-14(15)18-16(21)13-5-1-2-8-17-13;/h6-7,11,13,17,20H,1-5,8-10H2,(H,18,21);1H. The van der Waals surface area contributed by atoms with Gasteiger partial charge >= 0.3 is 0 Å². The Kier molecular flexibility index (Phi) is 6.67. The highest BCUT2D eigenvalue weighted by Gasteiger charge is 2.28. The molecule has 1 atom stereocenters. The van der Waals surface area contributed by atoms with Crippen LogP contribution in [0.2, 0.25) is 0 Å². The molecule has 1 amide bonds. The van der Waals surface area contributed by atoms with Crippen molar-refractivity contribution < 1.29 is 18.3 Å². The summed E-state index contributed by atoms with van der Waals surface area (Å²) in [6.45, 7) is 1.81. The fourth-order valence-electron chi connectivity index (χ4n) is 3.15. The van der Waals surface area contributed by atoms with Crippen molar-refractivity contribution >= 4 is 34.0 Å². The van der Waals surface area contributed by atoms with Crippen LogP contribution in [-0.2, 0) is 14.8 Å². The topological polar surface area (TPSA) is 98.7 Å². The van der Waals surface area contributed by atoms with Crippen molar-refractivity contribution in [2.24, 2.45) is 0 Å². The molecular formula is C16H24ClN3O4S. The van der Waals surface area contributed by atoms with Crippen LogP contribution >= 0.6 is 12.4 Å². The van der Waals surface area contributed by atoms with Crippen LogP contribution in [0, 0.1) is 0 Å². The Labute approximate surface area is 154 Å². The molecule has 0 radical (unpaired) electrons. The quantitative estimate of drug-likeness (QED) is 0.680. The molecule has 140 valence electrons. The molecule has 1 unspecified atom stereocenters. The number of rotatable bonds is 4. The second-order valence-electron chi connectivity index (χ2n) is 6.28. The van der Waals surface area contributed by atoms with E-state index in [1.807, 2.05) is 0 Å². The second kappa shape index (κ2) is 8.35. The molecule has 0 aliphatic carbocycles. The minimum Gasteiger partial charge on any atom is -0.506 e. The summed E-state index contributed by atoms with van der Waals surface area (Å²) in [6.07, 6.45) is 4.46. The first kappa shape index (κ1) is 20.0. The monoisotopic (exact) mass is 389 g/mol. The van der Waals surface area contributed by atoms with Crippen LogP contribution < -0.4 is 10.6 Å². The molecule has 2 aliphatic heterocycles. The number of halogens is 1. The van der Waals surface area contributed by atoms with Crippen LogP contribution in [0.15, 0.2) is 23.1 Å². The Balaban J connectivity index is 0.00000225. The average molecular weight is 390 g/mol. The van der Waals surface area contributed by atoms with E-state index in [4.69, 9.17) is 0 Å². The van der Waals surface area contributed by atoms with E-state index >= 15 is 0 Å². The number of anilines is 1. The highest BCUT2D eigenvalue weighted by atomic mass is 35.5. The third-order valence-corrected chi connectivity index (χ3v) is 6.45. The zero-order valence-corrected chi connectivity index (χ0v) is 15.5. The van der Waals surface area contributed by atoms with Gasteiger partial charge in [0.2, 0.25) is 15.9 Å². The van der Waals surface area contributed by atoms with Gasteiger partial charge in [-0.2, -0.15) is 4.31 Å². The van der Waals surface area contributed by atoms with Crippen molar-refractivity contribution in [2.75, 3.05) is 25.0 Å². The third kappa shape index (κ3) is 4.44. The summed E-state index contributed by atoms with van der Waals surface area (Å²) in [6, 6.07) is 3.71. The van der Waals surface area contributed by atoms with Crippen molar-refractivity contribution in [2.45, 2.75) is 43.0 Å². The third-order valence-electron chi connectivity index (χ3n) is 4.56. The lowest BCUT2D eigenvalue weighted by molar-refractivity contribution is -0.118. The molecule has 3 rings (SSSR count). The van der Waals surface area contributed by atoms with Crippen LogP contribution in [0.25, 0.3) is 0 Å². The summed E-state index contributed by atoms with van der Waals surface area (Å²) < 4.78 is 26.6. The van der Waals surface area contributed by atoms with Gasteiger partial charge in [-0.1, -0.05) is 6.42 Å². The summed E-state index contributed by atoms with van der Waals surface area (Å²) in [5.74, 6) is -0.389.